The molecule has 0 aliphatic carbocycles. The predicted octanol–water partition coefficient (Wildman–Crippen LogP) is 2.50. The molecule has 1 atom stereocenters. The summed E-state index contributed by atoms with van der Waals surface area (Å²) < 4.78 is 0.875. The number of amides is 2. The molecule has 1 aromatic carbocycles. The van der Waals surface area contributed by atoms with Crippen LogP contribution in [0, 0.1) is 6.92 Å². The standard InChI is InChI=1S/C15H19BrN2O2/c1-10-6-7-11(16)9-12(10)15(20)18-8-4-3-5-13(18)14(19)17-2/h6-7,9,13H,3-5,8H2,1-2H3,(H,17,19). The number of hydrogen-bond donors (Lipinski definition) is 1. The number of rotatable bonds is 2. The number of carbonyl (C=O) groups excluding carboxylic acids is 2. The molecular weight excluding hydrogens is 320 g/mol. The lowest BCUT2D eigenvalue weighted by molar-refractivity contribution is -0.126. The van der Waals surface area contributed by atoms with Gasteiger partial charge in [0.1, 0.15) is 6.04 Å². The summed E-state index contributed by atoms with van der Waals surface area (Å²) in [5.41, 5.74) is 1.59. The number of nitrogens with one attached hydrogen (secondary N) is 1. The second-order valence-electron chi connectivity index (χ2n) is 5.08. The number of piperidine rings is 1. The Morgan fingerprint density at radius 1 is 1.35 bits per heavy atom. The third kappa shape index (κ3) is 3.03. The van der Waals surface area contributed by atoms with Gasteiger partial charge in [-0.2, -0.15) is 0 Å². The molecule has 0 radical (unpaired) electrons. The Labute approximate surface area is 127 Å². The van der Waals surface area contributed by atoms with Gasteiger partial charge in [-0.25, -0.2) is 0 Å². The minimum absolute atomic E-state index is 0.0582. The average molecular weight is 339 g/mol. The van der Waals surface area contributed by atoms with Gasteiger partial charge in [-0.1, -0.05) is 22.0 Å². The van der Waals surface area contributed by atoms with Crippen molar-refractivity contribution in [2.45, 2.75) is 32.2 Å². The van der Waals surface area contributed by atoms with Crippen molar-refractivity contribution in [3.05, 3.63) is 33.8 Å². The molecule has 108 valence electrons. The quantitative estimate of drug-likeness (QED) is 0.900. The highest BCUT2D eigenvalue weighted by molar-refractivity contribution is 9.10. The molecule has 1 saturated heterocycles. The van der Waals surface area contributed by atoms with Crippen LogP contribution in [0.5, 0.6) is 0 Å². The molecule has 20 heavy (non-hydrogen) atoms. The monoisotopic (exact) mass is 338 g/mol. The molecular formula is C15H19BrN2O2. The summed E-state index contributed by atoms with van der Waals surface area (Å²) in [6.07, 6.45) is 2.67. The van der Waals surface area contributed by atoms with Crippen LogP contribution in [0.4, 0.5) is 0 Å². The van der Waals surface area contributed by atoms with Crippen molar-refractivity contribution >= 4 is 27.7 Å². The van der Waals surface area contributed by atoms with E-state index in [1.54, 1.807) is 11.9 Å². The van der Waals surface area contributed by atoms with Crippen molar-refractivity contribution in [1.29, 1.82) is 0 Å². The van der Waals surface area contributed by atoms with Crippen LogP contribution in [-0.2, 0) is 4.79 Å². The first-order chi connectivity index (χ1) is 9.54. The summed E-state index contributed by atoms with van der Waals surface area (Å²) in [5, 5.41) is 2.65. The van der Waals surface area contributed by atoms with E-state index in [9.17, 15) is 9.59 Å². The number of hydrogen-bond acceptors (Lipinski definition) is 2. The van der Waals surface area contributed by atoms with Crippen LogP contribution < -0.4 is 5.32 Å². The molecule has 1 N–H and O–H groups in total. The van der Waals surface area contributed by atoms with Crippen molar-refractivity contribution < 1.29 is 9.59 Å². The van der Waals surface area contributed by atoms with E-state index in [1.807, 2.05) is 25.1 Å². The van der Waals surface area contributed by atoms with Crippen molar-refractivity contribution in [2.75, 3.05) is 13.6 Å². The van der Waals surface area contributed by atoms with Gasteiger partial charge in [-0.3, -0.25) is 9.59 Å². The smallest absolute Gasteiger partial charge is 0.254 e. The number of benzene rings is 1. The van der Waals surface area contributed by atoms with E-state index in [0.717, 1.165) is 29.3 Å². The minimum atomic E-state index is -0.348. The van der Waals surface area contributed by atoms with Crippen LogP contribution in [0.1, 0.15) is 35.2 Å². The fourth-order valence-corrected chi connectivity index (χ4v) is 2.95. The topological polar surface area (TPSA) is 49.4 Å². The molecule has 0 saturated carbocycles. The molecule has 1 aromatic rings. The van der Waals surface area contributed by atoms with E-state index in [2.05, 4.69) is 21.2 Å². The summed E-state index contributed by atoms with van der Waals surface area (Å²) in [6.45, 7) is 2.56. The van der Waals surface area contributed by atoms with E-state index >= 15 is 0 Å². The lowest BCUT2D eigenvalue weighted by atomic mass is 9.99. The first-order valence-corrected chi connectivity index (χ1v) is 7.62. The number of aryl methyl sites for hydroxylation is 1. The molecule has 0 spiro atoms. The van der Waals surface area contributed by atoms with Gasteiger partial charge < -0.3 is 10.2 Å². The summed E-state index contributed by atoms with van der Waals surface area (Å²) in [4.78, 5) is 26.4. The Bertz CT molecular complexity index is 531. The van der Waals surface area contributed by atoms with Crippen LogP contribution in [0.3, 0.4) is 0 Å². The molecule has 1 unspecified atom stereocenters. The summed E-state index contributed by atoms with van der Waals surface area (Å²) in [5.74, 6) is -0.136. The normalized spacial score (nSPS) is 18.8. The number of carbonyl (C=O) groups is 2. The first-order valence-electron chi connectivity index (χ1n) is 6.83. The van der Waals surface area contributed by atoms with E-state index in [-0.39, 0.29) is 17.9 Å². The molecule has 5 heteroatoms. The zero-order chi connectivity index (χ0) is 14.7. The lowest BCUT2D eigenvalue weighted by Crippen LogP contribution is -2.51. The molecule has 1 aliphatic rings. The fourth-order valence-electron chi connectivity index (χ4n) is 2.59. The van der Waals surface area contributed by atoms with Gasteiger partial charge in [0, 0.05) is 23.6 Å². The van der Waals surface area contributed by atoms with Crippen LogP contribution in [0.15, 0.2) is 22.7 Å². The van der Waals surface area contributed by atoms with Gasteiger partial charge in [0.25, 0.3) is 5.91 Å². The Morgan fingerprint density at radius 2 is 2.10 bits per heavy atom. The Balaban J connectivity index is 2.30. The largest absolute Gasteiger partial charge is 0.357 e. The first kappa shape index (κ1) is 15.0. The Hall–Kier alpha value is -1.36. The number of likely N-dealkylation sites (N-methyl/N-ethyl adjacent to an activating group) is 1. The number of nitrogens with zero attached hydrogens (tertiary/aromatic N) is 1. The van der Waals surface area contributed by atoms with Gasteiger partial charge in [0.2, 0.25) is 5.91 Å². The number of halogens is 1. The molecule has 1 aliphatic heterocycles. The van der Waals surface area contributed by atoms with Crippen LogP contribution in [0.2, 0.25) is 0 Å². The van der Waals surface area contributed by atoms with Gasteiger partial charge in [0.05, 0.1) is 0 Å². The van der Waals surface area contributed by atoms with Gasteiger partial charge in [-0.05, 0) is 43.9 Å². The van der Waals surface area contributed by atoms with E-state index in [0.29, 0.717) is 12.1 Å². The molecule has 0 aromatic heterocycles. The highest BCUT2D eigenvalue weighted by atomic mass is 79.9. The zero-order valence-electron chi connectivity index (χ0n) is 11.8. The third-order valence-electron chi connectivity index (χ3n) is 3.74. The second kappa shape index (κ2) is 6.39. The van der Waals surface area contributed by atoms with E-state index < -0.39 is 0 Å². The predicted molar refractivity (Wildman–Crippen MR) is 81.6 cm³/mol. The third-order valence-corrected chi connectivity index (χ3v) is 4.24. The minimum Gasteiger partial charge on any atom is -0.357 e. The number of likely N-dealkylation sites (tertiary alicyclic amines) is 1. The van der Waals surface area contributed by atoms with Gasteiger partial charge >= 0.3 is 0 Å². The maximum Gasteiger partial charge on any atom is 0.254 e. The Kier molecular flexibility index (Phi) is 4.81. The SMILES string of the molecule is CNC(=O)C1CCCCN1C(=O)c1cc(Br)ccc1C. The fraction of sp³-hybridized carbons (Fsp3) is 0.467. The van der Waals surface area contributed by atoms with E-state index in [4.69, 9.17) is 0 Å². The van der Waals surface area contributed by atoms with Crippen molar-refractivity contribution in [2.24, 2.45) is 0 Å². The Morgan fingerprint density at radius 3 is 2.80 bits per heavy atom. The van der Waals surface area contributed by atoms with Crippen molar-refractivity contribution in [3.8, 4) is 0 Å². The average Bonchev–Trinajstić information content (AvgIpc) is 2.48. The van der Waals surface area contributed by atoms with Crippen LogP contribution >= 0.6 is 15.9 Å². The molecule has 2 amide bonds. The van der Waals surface area contributed by atoms with E-state index in [1.165, 1.54) is 0 Å². The molecule has 1 fully saturated rings. The highest BCUT2D eigenvalue weighted by Crippen LogP contribution is 2.23. The summed E-state index contributed by atoms with van der Waals surface area (Å²) in [6, 6.07) is 5.31. The van der Waals surface area contributed by atoms with Crippen molar-refractivity contribution in [3.63, 3.8) is 0 Å². The maximum atomic E-state index is 12.7. The lowest BCUT2D eigenvalue weighted by Gasteiger charge is -2.34. The van der Waals surface area contributed by atoms with Gasteiger partial charge in [0.15, 0.2) is 0 Å². The summed E-state index contributed by atoms with van der Waals surface area (Å²) in [7, 11) is 1.62. The van der Waals surface area contributed by atoms with Crippen molar-refractivity contribution in [1.82, 2.24) is 10.2 Å². The van der Waals surface area contributed by atoms with Crippen LogP contribution in [0.25, 0.3) is 0 Å². The zero-order valence-corrected chi connectivity index (χ0v) is 13.4. The second-order valence-corrected chi connectivity index (χ2v) is 6.00. The highest BCUT2D eigenvalue weighted by Gasteiger charge is 2.32. The molecule has 2 rings (SSSR count). The maximum absolute atomic E-state index is 12.7. The molecule has 1 heterocycles. The molecule has 4 nitrogen and oxygen atoms in total. The summed E-state index contributed by atoms with van der Waals surface area (Å²) >= 11 is 3.40. The molecule has 0 bridgehead atoms. The van der Waals surface area contributed by atoms with Crippen LogP contribution in [-0.4, -0.2) is 36.3 Å². The van der Waals surface area contributed by atoms with Gasteiger partial charge in [-0.15, -0.1) is 0 Å².